The molecule has 0 radical (unpaired) electrons. The molecule has 0 saturated carbocycles. The molecule has 0 spiro atoms. The molecule has 164 valence electrons. The molecule has 31 heavy (non-hydrogen) atoms. The van der Waals surface area contributed by atoms with Gasteiger partial charge in [-0.2, -0.15) is 0 Å². The zero-order valence-electron chi connectivity index (χ0n) is 18.5. The quantitative estimate of drug-likeness (QED) is 0.475. The first-order valence-electron chi connectivity index (χ1n) is 10.2. The van der Waals surface area contributed by atoms with Crippen molar-refractivity contribution in [2.24, 2.45) is 5.92 Å². The monoisotopic (exact) mass is 423 g/mol. The molecule has 1 N–H and O–H groups in total. The number of benzene rings is 2. The van der Waals surface area contributed by atoms with E-state index in [-0.39, 0.29) is 12.4 Å². The van der Waals surface area contributed by atoms with Crippen LogP contribution < -0.4 is 0 Å². The van der Waals surface area contributed by atoms with Crippen LogP contribution in [0.5, 0.6) is 0 Å². The van der Waals surface area contributed by atoms with Gasteiger partial charge in [0.1, 0.15) is 11.4 Å². The second kappa shape index (κ2) is 10.3. The summed E-state index contributed by atoms with van der Waals surface area (Å²) >= 11 is 0. The van der Waals surface area contributed by atoms with Crippen LogP contribution in [0, 0.1) is 24.1 Å². The van der Waals surface area contributed by atoms with Crippen LogP contribution in [0.2, 0.25) is 0 Å². The van der Waals surface area contributed by atoms with Crippen molar-refractivity contribution in [3.63, 3.8) is 0 Å². The summed E-state index contributed by atoms with van der Waals surface area (Å²) in [7, 11) is 1.29. The van der Waals surface area contributed by atoms with Crippen LogP contribution in [0.4, 0.5) is 9.18 Å². The van der Waals surface area contributed by atoms with Crippen molar-refractivity contribution in [3.05, 3.63) is 83.7 Å². The summed E-state index contributed by atoms with van der Waals surface area (Å²) in [6.45, 7) is 9.67. The van der Waals surface area contributed by atoms with E-state index in [0.717, 1.165) is 5.56 Å². The second-order valence-corrected chi connectivity index (χ2v) is 7.89. The van der Waals surface area contributed by atoms with Crippen LogP contribution in [-0.4, -0.2) is 35.8 Å². The first-order valence-corrected chi connectivity index (χ1v) is 10.2. The largest absolute Gasteiger partial charge is 0.453 e. The highest BCUT2D eigenvalue weighted by atomic mass is 19.1. The highest BCUT2D eigenvalue weighted by Crippen LogP contribution is 2.46. The molecule has 2 aromatic carbocycles. The van der Waals surface area contributed by atoms with E-state index < -0.39 is 29.6 Å². The zero-order chi connectivity index (χ0) is 23.2. The lowest BCUT2D eigenvalue weighted by Gasteiger charge is -2.44. The Hall–Kier alpha value is -3.10. The van der Waals surface area contributed by atoms with Gasteiger partial charge in [0.2, 0.25) is 0 Å². The second-order valence-electron chi connectivity index (χ2n) is 7.89. The maximum atomic E-state index is 13.6. The number of ether oxygens (including phenoxy) is 1. The fourth-order valence-electron chi connectivity index (χ4n) is 4.04. The van der Waals surface area contributed by atoms with Crippen LogP contribution in [0.3, 0.4) is 0 Å². The Bertz CT molecular complexity index is 935. The number of nitrogens with zero attached hydrogens (tertiary/aromatic N) is 1. The van der Waals surface area contributed by atoms with Gasteiger partial charge >= 0.3 is 6.09 Å². The van der Waals surface area contributed by atoms with Gasteiger partial charge in [-0.3, -0.25) is 4.90 Å². The first kappa shape index (κ1) is 24.2. The Morgan fingerprint density at radius 3 is 2.29 bits per heavy atom. The van der Waals surface area contributed by atoms with E-state index >= 15 is 0 Å². The van der Waals surface area contributed by atoms with E-state index in [9.17, 15) is 14.3 Å². The molecule has 2 aromatic rings. The minimum atomic E-state index is -1.45. The van der Waals surface area contributed by atoms with Crippen molar-refractivity contribution in [2.45, 2.75) is 38.3 Å². The molecular formula is C26H30FNO3. The summed E-state index contributed by atoms with van der Waals surface area (Å²) in [5.41, 5.74) is 0.644. The van der Waals surface area contributed by atoms with Crippen LogP contribution in [0.25, 0.3) is 0 Å². The molecule has 4 nitrogen and oxygen atoms in total. The van der Waals surface area contributed by atoms with Crippen molar-refractivity contribution < 1.29 is 19.0 Å². The lowest BCUT2D eigenvalue weighted by molar-refractivity contribution is -0.0450. The highest BCUT2D eigenvalue weighted by molar-refractivity contribution is 5.68. The Balaban J connectivity index is 2.62. The molecule has 5 heteroatoms. The SMILES string of the molecule is C#CC(C)N(CC(C)C(O)(c1ccccc1)C(C(=C)C)c1ccc(F)cc1)C(=O)OC. The molecule has 0 fully saturated rings. The molecule has 0 aliphatic heterocycles. The third kappa shape index (κ3) is 5.15. The summed E-state index contributed by atoms with van der Waals surface area (Å²) in [5, 5.41) is 12.3. The zero-order valence-corrected chi connectivity index (χ0v) is 18.5. The highest BCUT2D eigenvalue weighted by Gasteiger charge is 2.45. The summed E-state index contributed by atoms with van der Waals surface area (Å²) in [6, 6.07) is 14.7. The summed E-state index contributed by atoms with van der Waals surface area (Å²) < 4.78 is 18.5. The van der Waals surface area contributed by atoms with Gasteiger partial charge in [0.05, 0.1) is 13.2 Å². The maximum Gasteiger partial charge on any atom is 0.410 e. The average molecular weight is 424 g/mol. The molecule has 4 atom stereocenters. The van der Waals surface area contributed by atoms with E-state index in [2.05, 4.69) is 12.5 Å². The topological polar surface area (TPSA) is 49.8 Å². The van der Waals surface area contributed by atoms with E-state index in [4.69, 9.17) is 11.2 Å². The molecule has 0 aliphatic rings. The summed E-state index contributed by atoms with van der Waals surface area (Å²) in [6.07, 6.45) is 4.99. The maximum absolute atomic E-state index is 13.6. The lowest BCUT2D eigenvalue weighted by atomic mass is 9.67. The van der Waals surface area contributed by atoms with E-state index in [1.54, 1.807) is 19.1 Å². The molecular weight excluding hydrogens is 393 g/mol. The minimum absolute atomic E-state index is 0.147. The normalized spacial score (nSPS) is 15.6. The number of terminal acetylenes is 1. The van der Waals surface area contributed by atoms with Crippen LogP contribution in [0.1, 0.15) is 37.8 Å². The van der Waals surface area contributed by atoms with Crippen molar-refractivity contribution in [3.8, 4) is 12.3 Å². The number of hydrogen-bond acceptors (Lipinski definition) is 3. The minimum Gasteiger partial charge on any atom is -0.453 e. The smallest absolute Gasteiger partial charge is 0.410 e. The van der Waals surface area contributed by atoms with Crippen molar-refractivity contribution in [1.29, 1.82) is 0 Å². The molecule has 4 unspecified atom stereocenters. The number of amides is 1. The van der Waals surface area contributed by atoms with E-state index in [1.165, 1.54) is 24.1 Å². The molecule has 2 rings (SSSR count). The number of rotatable bonds is 8. The third-order valence-corrected chi connectivity index (χ3v) is 5.71. The van der Waals surface area contributed by atoms with Crippen molar-refractivity contribution >= 4 is 6.09 Å². The molecule has 0 aliphatic carbocycles. The number of carbonyl (C=O) groups excluding carboxylic acids is 1. The fourth-order valence-corrected chi connectivity index (χ4v) is 4.04. The fraction of sp³-hybridized carbons (Fsp3) is 0.346. The Labute approximate surface area is 184 Å². The molecule has 0 bridgehead atoms. The van der Waals surface area contributed by atoms with Gasteiger partial charge in [0.15, 0.2) is 0 Å². The summed E-state index contributed by atoms with van der Waals surface area (Å²) in [5.74, 6) is 1.16. The predicted molar refractivity (Wildman–Crippen MR) is 121 cm³/mol. The van der Waals surface area contributed by atoms with Gasteiger partial charge in [-0.05, 0) is 37.1 Å². The predicted octanol–water partition coefficient (Wildman–Crippen LogP) is 5.10. The van der Waals surface area contributed by atoms with Crippen molar-refractivity contribution in [2.75, 3.05) is 13.7 Å². The average Bonchev–Trinajstić information content (AvgIpc) is 2.77. The van der Waals surface area contributed by atoms with Gasteiger partial charge in [-0.15, -0.1) is 6.42 Å². The van der Waals surface area contributed by atoms with Gasteiger partial charge in [-0.25, -0.2) is 9.18 Å². The number of methoxy groups -OCH3 is 1. The Kier molecular flexibility index (Phi) is 8.01. The first-order chi connectivity index (χ1) is 14.7. The molecule has 1 amide bonds. The molecule has 0 aromatic heterocycles. The van der Waals surface area contributed by atoms with Crippen LogP contribution in [0.15, 0.2) is 66.7 Å². The van der Waals surface area contributed by atoms with Gasteiger partial charge in [0.25, 0.3) is 0 Å². The van der Waals surface area contributed by atoms with E-state index in [0.29, 0.717) is 11.1 Å². The van der Waals surface area contributed by atoms with Gasteiger partial charge in [0, 0.05) is 18.4 Å². The van der Waals surface area contributed by atoms with Gasteiger partial charge in [-0.1, -0.05) is 67.5 Å². The Morgan fingerprint density at radius 2 is 1.81 bits per heavy atom. The molecule has 0 heterocycles. The third-order valence-electron chi connectivity index (χ3n) is 5.71. The van der Waals surface area contributed by atoms with Crippen LogP contribution >= 0.6 is 0 Å². The lowest BCUT2D eigenvalue weighted by Crippen LogP contribution is -2.49. The van der Waals surface area contributed by atoms with E-state index in [1.807, 2.05) is 44.2 Å². The number of halogens is 1. The van der Waals surface area contributed by atoms with Crippen molar-refractivity contribution in [1.82, 2.24) is 4.90 Å². The van der Waals surface area contributed by atoms with Crippen LogP contribution in [-0.2, 0) is 10.3 Å². The molecule has 0 saturated heterocycles. The standard InChI is InChI=1S/C26H30FNO3/c1-7-20(5)28(25(29)31-6)17-19(4)26(30,22-11-9-8-10-12-22)24(18(2)3)21-13-15-23(27)16-14-21/h1,8-16,19-20,24,30H,2,17H2,3-6H3. The number of carbonyl (C=O) groups is 1. The van der Waals surface area contributed by atoms with Gasteiger partial charge < -0.3 is 9.84 Å². The Morgan fingerprint density at radius 1 is 1.23 bits per heavy atom. The number of aliphatic hydroxyl groups is 1. The number of hydrogen-bond donors (Lipinski definition) is 1. The summed E-state index contributed by atoms with van der Waals surface area (Å²) in [4.78, 5) is 13.8.